The zero-order chi connectivity index (χ0) is 20.3. The van der Waals surface area contributed by atoms with Crippen molar-refractivity contribution in [2.24, 2.45) is 0 Å². The van der Waals surface area contributed by atoms with Crippen LogP contribution in [0.15, 0.2) is 18.2 Å². The van der Waals surface area contributed by atoms with Crippen molar-refractivity contribution in [3.63, 3.8) is 0 Å². The summed E-state index contributed by atoms with van der Waals surface area (Å²) in [5, 5.41) is 17.7. The van der Waals surface area contributed by atoms with Crippen molar-refractivity contribution < 1.29 is 33.0 Å². The molecule has 3 aliphatic heterocycles. The van der Waals surface area contributed by atoms with E-state index in [2.05, 4.69) is 19.7 Å². The quantitative estimate of drug-likeness (QED) is 0.828. The van der Waals surface area contributed by atoms with E-state index in [1.165, 1.54) is 18.2 Å². The van der Waals surface area contributed by atoms with Crippen LogP contribution in [0.4, 0.5) is 8.78 Å². The van der Waals surface area contributed by atoms with E-state index < -0.39 is 18.3 Å². The molecule has 2 atom stereocenters. The van der Waals surface area contributed by atoms with Crippen LogP contribution in [0.25, 0.3) is 0 Å². The fraction of sp³-hybridized carbons (Fsp3) is 0.444. The minimum atomic E-state index is -3.74. The van der Waals surface area contributed by atoms with Gasteiger partial charge < -0.3 is 24.0 Å². The Morgan fingerprint density at radius 2 is 1.97 bits per heavy atom. The molecule has 5 rings (SSSR count). The number of aryl methyl sites for hydroxylation is 1. The number of carboxylic acid groups (broad SMARTS) is 1. The van der Waals surface area contributed by atoms with Gasteiger partial charge in [0.1, 0.15) is 17.7 Å². The fourth-order valence-corrected chi connectivity index (χ4v) is 4.17. The van der Waals surface area contributed by atoms with Gasteiger partial charge in [-0.2, -0.15) is 0 Å². The minimum absolute atomic E-state index is 0.121. The molecule has 0 spiro atoms. The molecule has 3 aliphatic rings. The van der Waals surface area contributed by atoms with Gasteiger partial charge in [-0.05, 0) is 31.0 Å². The number of rotatable bonds is 3. The summed E-state index contributed by atoms with van der Waals surface area (Å²) in [4.78, 5) is 25.9. The molecule has 0 radical (unpaired) electrons. The van der Waals surface area contributed by atoms with E-state index in [4.69, 9.17) is 0 Å². The Hall–Kier alpha value is -3.24. The number of carbonyl (C=O) groups is 2. The number of fused-ring (bicyclic) bond motifs is 2. The molecule has 1 aromatic heterocycles. The third kappa shape index (κ3) is 2.88. The van der Waals surface area contributed by atoms with Crippen molar-refractivity contribution in [2.45, 2.75) is 37.5 Å². The highest BCUT2D eigenvalue weighted by atomic mass is 19.3. The summed E-state index contributed by atoms with van der Waals surface area (Å²) in [5.74, 6) is -0.475. The molecule has 1 fully saturated rings. The molecule has 11 heteroatoms. The van der Waals surface area contributed by atoms with E-state index >= 15 is 0 Å². The summed E-state index contributed by atoms with van der Waals surface area (Å²) in [7, 11) is 0. The lowest BCUT2D eigenvalue weighted by Crippen LogP contribution is -2.29. The smallest absolute Gasteiger partial charge is 0.480 e. The number of halogens is 2. The zero-order valence-electron chi connectivity index (χ0n) is 15.0. The number of aliphatic carboxylic acids is 1. The number of nitrogens with zero attached hydrogens (tertiary/aromatic N) is 4. The molecule has 2 aromatic rings. The van der Waals surface area contributed by atoms with Gasteiger partial charge in [0.2, 0.25) is 0 Å². The molecule has 1 aromatic carbocycles. The number of hydrogen-bond acceptors (Lipinski definition) is 6. The second kappa shape index (κ2) is 6.13. The third-order valence-electron chi connectivity index (χ3n) is 5.52. The van der Waals surface area contributed by atoms with Crippen molar-refractivity contribution in [3.8, 4) is 11.5 Å². The number of likely N-dealkylation sites (tertiary alicyclic amines) is 1. The Bertz CT molecular complexity index is 1020. The summed E-state index contributed by atoms with van der Waals surface area (Å²) < 4.78 is 36.8. The van der Waals surface area contributed by atoms with Gasteiger partial charge in [0, 0.05) is 31.0 Å². The first-order valence-electron chi connectivity index (χ1n) is 9.18. The van der Waals surface area contributed by atoms with Crippen molar-refractivity contribution in [1.29, 1.82) is 0 Å². The van der Waals surface area contributed by atoms with Gasteiger partial charge in [0.05, 0.1) is 0 Å². The predicted octanol–water partition coefficient (Wildman–Crippen LogP) is 1.80. The van der Waals surface area contributed by atoms with Gasteiger partial charge in [-0.25, -0.2) is 4.79 Å². The number of carbonyl (C=O) groups excluding carboxylic acids is 1. The Morgan fingerprint density at radius 1 is 1.17 bits per heavy atom. The maximum absolute atomic E-state index is 13.2. The van der Waals surface area contributed by atoms with Crippen LogP contribution in [0.3, 0.4) is 0 Å². The molecule has 0 saturated carbocycles. The SMILES string of the molecule is O=C(O)C1CCc2nnc(C3CCN(C(=O)c4ccc5c(c4)OC(F)(F)O5)C3)n21. The van der Waals surface area contributed by atoms with Crippen LogP contribution in [-0.2, 0) is 11.2 Å². The second-order valence-electron chi connectivity index (χ2n) is 7.30. The lowest BCUT2D eigenvalue weighted by atomic mass is 10.1. The van der Waals surface area contributed by atoms with E-state index in [1.807, 2.05) is 0 Å². The summed E-state index contributed by atoms with van der Waals surface area (Å²) in [6.45, 7) is 0.780. The number of benzene rings is 1. The molecule has 4 heterocycles. The lowest BCUT2D eigenvalue weighted by Gasteiger charge is -2.18. The van der Waals surface area contributed by atoms with Crippen LogP contribution in [-0.4, -0.2) is 56.0 Å². The highest BCUT2D eigenvalue weighted by molar-refractivity contribution is 5.95. The molecule has 0 bridgehead atoms. The molecule has 1 amide bonds. The number of alkyl halides is 2. The lowest BCUT2D eigenvalue weighted by molar-refractivity contribution is -0.286. The molecular weight excluding hydrogens is 390 g/mol. The van der Waals surface area contributed by atoms with Crippen molar-refractivity contribution >= 4 is 11.9 Å². The van der Waals surface area contributed by atoms with E-state index in [1.54, 1.807) is 9.47 Å². The Kier molecular flexibility index (Phi) is 3.77. The molecule has 0 aliphatic carbocycles. The normalized spacial score (nSPS) is 24.0. The third-order valence-corrected chi connectivity index (χ3v) is 5.52. The van der Waals surface area contributed by atoms with Gasteiger partial charge in [-0.3, -0.25) is 4.79 Å². The van der Waals surface area contributed by atoms with E-state index in [0.717, 1.165) is 0 Å². The van der Waals surface area contributed by atoms with E-state index in [-0.39, 0.29) is 28.9 Å². The largest absolute Gasteiger partial charge is 0.586 e. The standard InChI is InChI=1S/C18H16F2N4O5/c19-18(20)28-12-3-1-9(7-13(12)29-18)16(25)23-6-5-10(8-23)15-22-21-14-4-2-11(17(26)27)24(14)15/h1,3,7,10-11H,2,4-6,8H2,(H,26,27). The topological polar surface area (TPSA) is 107 Å². The maximum atomic E-state index is 13.2. The first-order valence-corrected chi connectivity index (χ1v) is 9.18. The summed E-state index contributed by atoms with van der Waals surface area (Å²) >= 11 is 0. The number of ether oxygens (including phenoxy) is 2. The maximum Gasteiger partial charge on any atom is 0.586 e. The summed E-state index contributed by atoms with van der Waals surface area (Å²) in [6.07, 6.45) is -2.10. The van der Waals surface area contributed by atoms with Gasteiger partial charge >= 0.3 is 12.3 Å². The molecular formula is C18H16F2N4O5. The molecule has 1 N–H and O–H groups in total. The highest BCUT2D eigenvalue weighted by Gasteiger charge is 2.44. The van der Waals surface area contributed by atoms with Crippen LogP contribution in [0, 0.1) is 0 Å². The Morgan fingerprint density at radius 3 is 2.76 bits per heavy atom. The Labute approximate surface area is 162 Å². The molecule has 2 unspecified atom stereocenters. The van der Waals surface area contributed by atoms with E-state index in [9.17, 15) is 23.5 Å². The first kappa shape index (κ1) is 17.8. The zero-order valence-corrected chi connectivity index (χ0v) is 15.0. The number of aromatic nitrogens is 3. The predicted molar refractivity (Wildman–Crippen MR) is 90.9 cm³/mol. The van der Waals surface area contributed by atoms with Crippen LogP contribution in [0.1, 0.15) is 46.8 Å². The van der Waals surface area contributed by atoms with Gasteiger partial charge in [-0.1, -0.05) is 0 Å². The minimum Gasteiger partial charge on any atom is -0.480 e. The second-order valence-corrected chi connectivity index (χ2v) is 7.30. The number of carboxylic acids is 1. The molecule has 9 nitrogen and oxygen atoms in total. The average Bonchev–Trinajstić information content (AvgIpc) is 3.41. The average molecular weight is 406 g/mol. The van der Waals surface area contributed by atoms with Crippen LogP contribution in [0.2, 0.25) is 0 Å². The summed E-state index contributed by atoms with van der Waals surface area (Å²) in [5.41, 5.74) is 0.209. The van der Waals surface area contributed by atoms with Crippen molar-refractivity contribution in [3.05, 3.63) is 35.4 Å². The van der Waals surface area contributed by atoms with Gasteiger partial charge in [0.25, 0.3) is 5.91 Å². The monoisotopic (exact) mass is 406 g/mol. The first-order chi connectivity index (χ1) is 13.8. The summed E-state index contributed by atoms with van der Waals surface area (Å²) in [6, 6.07) is 3.24. The molecule has 152 valence electrons. The molecule has 1 saturated heterocycles. The fourth-order valence-electron chi connectivity index (χ4n) is 4.17. The van der Waals surface area contributed by atoms with Crippen molar-refractivity contribution in [1.82, 2.24) is 19.7 Å². The van der Waals surface area contributed by atoms with E-state index in [0.29, 0.717) is 44.0 Å². The van der Waals surface area contributed by atoms with Gasteiger partial charge in [0.15, 0.2) is 11.5 Å². The van der Waals surface area contributed by atoms with Crippen LogP contribution in [0.5, 0.6) is 11.5 Å². The van der Waals surface area contributed by atoms with Crippen LogP contribution >= 0.6 is 0 Å². The molecule has 29 heavy (non-hydrogen) atoms. The van der Waals surface area contributed by atoms with Crippen molar-refractivity contribution in [2.75, 3.05) is 13.1 Å². The number of amides is 1. The Balaban J connectivity index is 1.34. The number of hydrogen-bond donors (Lipinski definition) is 1. The van der Waals surface area contributed by atoms with Crippen LogP contribution < -0.4 is 9.47 Å². The highest BCUT2D eigenvalue weighted by Crippen LogP contribution is 2.41. The van der Waals surface area contributed by atoms with Gasteiger partial charge in [-0.15, -0.1) is 19.0 Å².